The fourth-order valence-electron chi connectivity index (χ4n) is 4.06. The summed E-state index contributed by atoms with van der Waals surface area (Å²) in [5.74, 6) is -2.80. The van der Waals surface area contributed by atoms with Gasteiger partial charge in [0.2, 0.25) is 5.91 Å². The Morgan fingerprint density at radius 2 is 1.68 bits per heavy atom. The molecular weight excluding hydrogens is 525 g/mol. The smallest absolute Gasteiger partial charge is 0.475 e. The number of aryl methyl sites for hydroxylation is 1. The van der Waals surface area contributed by atoms with Gasteiger partial charge >= 0.3 is 12.1 Å². The van der Waals surface area contributed by atoms with Crippen molar-refractivity contribution in [1.29, 1.82) is 0 Å². The van der Waals surface area contributed by atoms with Gasteiger partial charge in [-0.15, -0.1) is 0 Å². The van der Waals surface area contributed by atoms with Gasteiger partial charge in [-0.25, -0.2) is 4.79 Å². The van der Waals surface area contributed by atoms with Crippen molar-refractivity contribution in [2.24, 2.45) is 0 Å². The lowest BCUT2D eigenvalue weighted by Gasteiger charge is -2.11. The standard InChI is InChI=1S/C27H24N4O2.C2HF3O2/c32-26(11-6-18-4-2-1-3-5-18)30-21-9-7-19(8-10-21)24-16-20(12-14-28-24)25-17-22-23(31-25)13-15-29-27(22)33;3-2(4,5)1(6)7/h1-5,7-10,12,14,16-17,31H,6,11,13,15H2,(H,29,33)(H,30,32);(H,6,7). The van der Waals surface area contributed by atoms with Crippen LogP contribution >= 0.6 is 0 Å². The molecule has 3 heterocycles. The molecule has 206 valence electrons. The van der Waals surface area contributed by atoms with Crippen LogP contribution in [0.15, 0.2) is 79.0 Å². The molecule has 0 saturated heterocycles. The molecule has 0 saturated carbocycles. The normalized spacial score (nSPS) is 12.4. The topological polar surface area (TPSA) is 124 Å². The molecule has 4 N–H and O–H groups in total. The first kappa shape index (κ1) is 28.1. The van der Waals surface area contributed by atoms with Crippen LogP contribution in [0.4, 0.5) is 18.9 Å². The van der Waals surface area contributed by atoms with E-state index in [9.17, 15) is 22.8 Å². The number of pyridine rings is 1. The average molecular weight is 551 g/mol. The van der Waals surface area contributed by atoms with Gasteiger partial charge in [0.25, 0.3) is 5.91 Å². The molecule has 0 bridgehead atoms. The fraction of sp³-hybridized carbons (Fsp3) is 0.172. The van der Waals surface area contributed by atoms with Gasteiger partial charge < -0.3 is 20.7 Å². The summed E-state index contributed by atoms with van der Waals surface area (Å²) in [6, 6.07) is 23.5. The van der Waals surface area contributed by atoms with Crippen molar-refractivity contribution < 1.29 is 32.7 Å². The monoisotopic (exact) mass is 550 g/mol. The second-order valence-electron chi connectivity index (χ2n) is 8.92. The van der Waals surface area contributed by atoms with Gasteiger partial charge in [0.1, 0.15) is 0 Å². The van der Waals surface area contributed by atoms with E-state index in [1.807, 2.05) is 72.8 Å². The van der Waals surface area contributed by atoms with Crippen LogP contribution in [-0.4, -0.2) is 45.6 Å². The number of nitrogens with one attached hydrogen (secondary N) is 3. The number of aromatic nitrogens is 2. The number of carbonyl (C=O) groups is 3. The number of alkyl halides is 3. The molecule has 0 atom stereocenters. The van der Waals surface area contributed by atoms with E-state index in [0.29, 0.717) is 24.9 Å². The number of carboxylic acids is 1. The van der Waals surface area contributed by atoms with Crippen molar-refractivity contribution in [1.82, 2.24) is 15.3 Å². The number of halogens is 3. The molecule has 4 aromatic rings. The molecule has 11 heteroatoms. The summed E-state index contributed by atoms with van der Waals surface area (Å²) in [4.78, 5) is 41.1. The van der Waals surface area contributed by atoms with Crippen molar-refractivity contribution in [2.45, 2.75) is 25.4 Å². The van der Waals surface area contributed by atoms with E-state index >= 15 is 0 Å². The highest BCUT2D eigenvalue weighted by atomic mass is 19.4. The molecule has 0 fully saturated rings. The SMILES string of the molecule is O=C(CCc1ccccc1)Nc1ccc(-c2cc(-c3cc4c([nH]3)CCNC4=O)ccn2)cc1.O=C(O)C(F)(F)F. The van der Waals surface area contributed by atoms with E-state index in [-0.39, 0.29) is 11.8 Å². The highest BCUT2D eigenvalue weighted by Crippen LogP contribution is 2.27. The highest BCUT2D eigenvalue weighted by Gasteiger charge is 2.38. The van der Waals surface area contributed by atoms with E-state index in [4.69, 9.17) is 9.90 Å². The number of carboxylic acid groups (broad SMARTS) is 1. The molecule has 0 radical (unpaired) electrons. The zero-order chi connectivity index (χ0) is 28.7. The Bertz CT molecular complexity index is 1500. The molecule has 5 rings (SSSR count). The molecule has 1 aliphatic rings. The number of benzene rings is 2. The summed E-state index contributed by atoms with van der Waals surface area (Å²) >= 11 is 0. The number of aromatic amines is 1. The Kier molecular flexibility index (Phi) is 8.63. The van der Waals surface area contributed by atoms with Crippen LogP contribution in [0.3, 0.4) is 0 Å². The third kappa shape index (κ3) is 7.34. The predicted molar refractivity (Wildman–Crippen MR) is 143 cm³/mol. The van der Waals surface area contributed by atoms with Crippen molar-refractivity contribution in [3.05, 3.63) is 95.8 Å². The van der Waals surface area contributed by atoms with Gasteiger partial charge in [-0.05, 0) is 42.3 Å². The van der Waals surface area contributed by atoms with Gasteiger partial charge in [0.15, 0.2) is 0 Å². The first-order valence-electron chi connectivity index (χ1n) is 12.3. The molecular formula is C29H25F3N4O4. The maximum Gasteiger partial charge on any atom is 0.490 e. The average Bonchev–Trinajstić information content (AvgIpc) is 3.39. The Labute approximate surface area is 227 Å². The van der Waals surface area contributed by atoms with E-state index in [2.05, 4.69) is 20.6 Å². The molecule has 0 aliphatic carbocycles. The largest absolute Gasteiger partial charge is 0.490 e. The van der Waals surface area contributed by atoms with Crippen LogP contribution in [0.1, 0.15) is 28.0 Å². The predicted octanol–water partition coefficient (Wildman–Crippen LogP) is 5.23. The van der Waals surface area contributed by atoms with Crippen molar-refractivity contribution in [3.8, 4) is 22.5 Å². The molecule has 0 spiro atoms. The zero-order valence-corrected chi connectivity index (χ0v) is 21.1. The Hall–Kier alpha value is -4.93. The Balaban J connectivity index is 0.000000470. The molecule has 8 nitrogen and oxygen atoms in total. The first-order valence-corrected chi connectivity index (χ1v) is 12.3. The summed E-state index contributed by atoms with van der Waals surface area (Å²) in [6.45, 7) is 0.655. The highest BCUT2D eigenvalue weighted by molar-refractivity contribution is 5.98. The molecule has 2 aromatic heterocycles. The second kappa shape index (κ2) is 12.3. The van der Waals surface area contributed by atoms with Gasteiger partial charge in [-0.3, -0.25) is 14.6 Å². The van der Waals surface area contributed by atoms with Crippen molar-refractivity contribution >= 4 is 23.5 Å². The minimum absolute atomic E-state index is 0.00789. The minimum atomic E-state index is -5.08. The van der Waals surface area contributed by atoms with Gasteiger partial charge in [0, 0.05) is 53.8 Å². The number of anilines is 1. The third-order valence-corrected chi connectivity index (χ3v) is 6.07. The lowest BCUT2D eigenvalue weighted by atomic mass is 10.1. The summed E-state index contributed by atoms with van der Waals surface area (Å²) in [6.07, 6.45) is -1.36. The third-order valence-electron chi connectivity index (χ3n) is 6.07. The number of hydrogen-bond acceptors (Lipinski definition) is 4. The number of nitrogens with zero attached hydrogens (tertiary/aromatic N) is 1. The number of amides is 2. The number of aliphatic carboxylic acids is 1. The number of hydrogen-bond donors (Lipinski definition) is 4. The maximum atomic E-state index is 12.3. The number of rotatable bonds is 6. The van der Waals surface area contributed by atoms with Crippen molar-refractivity contribution in [2.75, 3.05) is 11.9 Å². The maximum absolute atomic E-state index is 12.3. The molecule has 2 aromatic carbocycles. The van der Waals surface area contributed by atoms with Crippen LogP contribution < -0.4 is 10.6 Å². The van der Waals surface area contributed by atoms with Crippen LogP contribution in [0.5, 0.6) is 0 Å². The lowest BCUT2D eigenvalue weighted by molar-refractivity contribution is -0.192. The van der Waals surface area contributed by atoms with Gasteiger partial charge in [-0.2, -0.15) is 13.2 Å². The fourth-order valence-corrected chi connectivity index (χ4v) is 4.06. The molecule has 1 aliphatic heterocycles. The van der Waals surface area contributed by atoms with Gasteiger partial charge in [-0.1, -0.05) is 42.5 Å². The van der Waals surface area contributed by atoms with E-state index in [1.54, 1.807) is 6.20 Å². The van der Waals surface area contributed by atoms with Crippen LogP contribution in [0.25, 0.3) is 22.5 Å². The summed E-state index contributed by atoms with van der Waals surface area (Å²) < 4.78 is 31.7. The number of H-pyrrole nitrogens is 1. The number of fused-ring (bicyclic) bond motifs is 1. The second-order valence-corrected chi connectivity index (χ2v) is 8.92. The van der Waals surface area contributed by atoms with E-state index < -0.39 is 12.1 Å². The summed E-state index contributed by atoms with van der Waals surface area (Å²) in [5.41, 5.74) is 7.25. The summed E-state index contributed by atoms with van der Waals surface area (Å²) in [7, 11) is 0. The summed E-state index contributed by atoms with van der Waals surface area (Å²) in [5, 5.41) is 13.0. The Morgan fingerprint density at radius 1 is 0.975 bits per heavy atom. The zero-order valence-electron chi connectivity index (χ0n) is 21.1. The molecule has 40 heavy (non-hydrogen) atoms. The van der Waals surface area contributed by atoms with Crippen LogP contribution in [-0.2, 0) is 22.4 Å². The van der Waals surface area contributed by atoms with Crippen molar-refractivity contribution in [3.63, 3.8) is 0 Å². The van der Waals surface area contributed by atoms with E-state index in [0.717, 1.165) is 45.9 Å². The quantitative estimate of drug-likeness (QED) is 0.262. The minimum Gasteiger partial charge on any atom is -0.475 e. The van der Waals surface area contributed by atoms with Crippen LogP contribution in [0.2, 0.25) is 0 Å². The number of carbonyl (C=O) groups excluding carboxylic acids is 2. The molecule has 0 unspecified atom stereocenters. The molecule has 2 amide bonds. The van der Waals surface area contributed by atoms with E-state index in [1.165, 1.54) is 0 Å². The van der Waals surface area contributed by atoms with Crippen LogP contribution in [0, 0.1) is 0 Å². The first-order chi connectivity index (χ1) is 19.1. The lowest BCUT2D eigenvalue weighted by Crippen LogP contribution is -2.31. The Morgan fingerprint density at radius 3 is 2.33 bits per heavy atom. The van der Waals surface area contributed by atoms with Gasteiger partial charge in [0.05, 0.1) is 11.3 Å².